The van der Waals surface area contributed by atoms with Gasteiger partial charge >= 0.3 is 12.1 Å². The van der Waals surface area contributed by atoms with Crippen molar-refractivity contribution in [1.82, 2.24) is 5.06 Å². The van der Waals surface area contributed by atoms with Crippen LogP contribution in [0.5, 0.6) is 5.75 Å². The van der Waals surface area contributed by atoms with Crippen molar-refractivity contribution in [1.29, 1.82) is 0 Å². The number of nitrogens with zero attached hydrogens (tertiary/aromatic N) is 1. The molecule has 1 aliphatic rings. The number of imide groups is 1. The molecule has 1 aromatic carbocycles. The number of hydrogen-bond acceptors (Lipinski definition) is 7. The van der Waals surface area contributed by atoms with Crippen LogP contribution in [-0.4, -0.2) is 29.0 Å². The predicted octanol–water partition coefficient (Wildman–Crippen LogP) is 1.72. The maximum absolute atomic E-state index is 11.5. The van der Waals surface area contributed by atoms with Crippen molar-refractivity contribution in [3.63, 3.8) is 0 Å². The minimum atomic E-state index is -1.14. The topological polar surface area (TPSA) is 99.2 Å². The highest BCUT2D eigenvalue weighted by molar-refractivity contribution is 6.01. The Morgan fingerprint density at radius 3 is 2.26 bits per heavy atom. The molecule has 1 saturated heterocycles. The molecule has 1 aliphatic heterocycles. The number of amides is 2. The number of benzene rings is 1. The lowest BCUT2D eigenvalue weighted by Crippen LogP contribution is -2.32. The molecule has 8 heteroatoms. The second-order valence-electron chi connectivity index (χ2n) is 4.68. The minimum absolute atomic E-state index is 0.0179. The van der Waals surface area contributed by atoms with Crippen LogP contribution in [0.15, 0.2) is 24.3 Å². The zero-order valence-electron chi connectivity index (χ0n) is 12.4. The number of carbonyl (C=O) groups excluding carboxylic acids is 4. The second-order valence-corrected chi connectivity index (χ2v) is 4.68. The summed E-state index contributed by atoms with van der Waals surface area (Å²) in [5.74, 6) is -1.11. The maximum Gasteiger partial charge on any atom is 0.534 e. The first-order valence-electron chi connectivity index (χ1n) is 6.99. The summed E-state index contributed by atoms with van der Waals surface area (Å²) in [6.45, 7) is 1.57. The van der Waals surface area contributed by atoms with Gasteiger partial charge in [0.2, 0.25) is 0 Å². The SMILES string of the molecule is CCC(=O)Oc1ccc(COC(=O)ON2C(=O)CCC2=O)cc1. The summed E-state index contributed by atoms with van der Waals surface area (Å²) in [7, 11) is 0. The van der Waals surface area contributed by atoms with Crippen LogP contribution in [0.2, 0.25) is 0 Å². The molecule has 0 bridgehead atoms. The summed E-state index contributed by atoms with van der Waals surface area (Å²) in [6.07, 6.45) is -0.839. The molecule has 0 aromatic heterocycles. The summed E-state index contributed by atoms with van der Waals surface area (Å²) in [5, 5.41) is 0.412. The van der Waals surface area contributed by atoms with Gasteiger partial charge in [0.15, 0.2) is 0 Å². The maximum atomic E-state index is 11.5. The molecule has 122 valence electrons. The van der Waals surface area contributed by atoms with Gasteiger partial charge in [-0.2, -0.15) is 0 Å². The van der Waals surface area contributed by atoms with Gasteiger partial charge in [-0.25, -0.2) is 4.79 Å². The average molecular weight is 321 g/mol. The third kappa shape index (κ3) is 4.53. The van der Waals surface area contributed by atoms with E-state index in [1.54, 1.807) is 31.2 Å². The van der Waals surface area contributed by atoms with Crippen molar-refractivity contribution < 1.29 is 33.5 Å². The van der Waals surface area contributed by atoms with Crippen LogP contribution in [0.4, 0.5) is 4.79 Å². The number of hydrogen-bond donors (Lipinski definition) is 0. The Morgan fingerprint density at radius 1 is 1.09 bits per heavy atom. The van der Waals surface area contributed by atoms with Gasteiger partial charge in [-0.15, -0.1) is 0 Å². The molecule has 1 fully saturated rings. The number of esters is 1. The predicted molar refractivity (Wildman–Crippen MR) is 74.7 cm³/mol. The van der Waals surface area contributed by atoms with Crippen LogP contribution in [-0.2, 0) is 30.6 Å². The third-order valence-corrected chi connectivity index (χ3v) is 2.97. The smallest absolute Gasteiger partial charge is 0.428 e. The van der Waals surface area contributed by atoms with E-state index in [2.05, 4.69) is 4.84 Å². The van der Waals surface area contributed by atoms with Crippen molar-refractivity contribution in [2.24, 2.45) is 0 Å². The summed E-state index contributed by atoms with van der Waals surface area (Å²) >= 11 is 0. The van der Waals surface area contributed by atoms with E-state index >= 15 is 0 Å². The van der Waals surface area contributed by atoms with E-state index in [-0.39, 0.29) is 31.8 Å². The van der Waals surface area contributed by atoms with Gasteiger partial charge in [0, 0.05) is 19.3 Å². The van der Waals surface area contributed by atoms with Gasteiger partial charge in [0.1, 0.15) is 12.4 Å². The van der Waals surface area contributed by atoms with Gasteiger partial charge in [0.25, 0.3) is 11.8 Å². The monoisotopic (exact) mass is 321 g/mol. The quantitative estimate of drug-likeness (QED) is 0.462. The van der Waals surface area contributed by atoms with Gasteiger partial charge in [0.05, 0.1) is 0 Å². The van der Waals surface area contributed by atoms with Crippen molar-refractivity contribution in [2.75, 3.05) is 0 Å². The fourth-order valence-electron chi connectivity index (χ4n) is 1.76. The Kier molecular flexibility index (Phi) is 5.29. The normalized spacial score (nSPS) is 13.9. The first-order valence-corrected chi connectivity index (χ1v) is 6.99. The van der Waals surface area contributed by atoms with Crippen molar-refractivity contribution >= 4 is 23.9 Å². The van der Waals surface area contributed by atoms with Gasteiger partial charge in [-0.05, 0) is 17.7 Å². The van der Waals surface area contributed by atoms with Crippen molar-refractivity contribution in [2.45, 2.75) is 32.8 Å². The fourth-order valence-corrected chi connectivity index (χ4v) is 1.76. The molecule has 0 atom stereocenters. The van der Waals surface area contributed by atoms with Crippen LogP contribution >= 0.6 is 0 Å². The van der Waals surface area contributed by atoms with Crippen LogP contribution in [0.3, 0.4) is 0 Å². The van der Waals surface area contributed by atoms with Gasteiger partial charge in [-0.1, -0.05) is 24.1 Å². The molecule has 0 radical (unpaired) electrons. The van der Waals surface area contributed by atoms with E-state index < -0.39 is 18.0 Å². The van der Waals surface area contributed by atoms with Gasteiger partial charge in [-0.3, -0.25) is 19.2 Å². The average Bonchev–Trinajstić information content (AvgIpc) is 2.86. The molecule has 0 aliphatic carbocycles. The Hall–Kier alpha value is -2.90. The molecule has 0 spiro atoms. The molecule has 2 amide bonds. The van der Waals surface area contributed by atoms with E-state index in [0.29, 0.717) is 16.4 Å². The van der Waals surface area contributed by atoms with Gasteiger partial charge < -0.3 is 9.47 Å². The van der Waals surface area contributed by atoms with E-state index in [1.807, 2.05) is 0 Å². The first kappa shape index (κ1) is 16.5. The number of rotatable bonds is 5. The first-order chi connectivity index (χ1) is 11.0. The van der Waals surface area contributed by atoms with E-state index in [0.717, 1.165) is 0 Å². The minimum Gasteiger partial charge on any atom is -0.428 e. The number of ether oxygens (including phenoxy) is 2. The highest BCUT2D eigenvalue weighted by atomic mass is 16.8. The van der Waals surface area contributed by atoms with Crippen molar-refractivity contribution in [3.8, 4) is 5.75 Å². The molecular formula is C15H15NO7. The second kappa shape index (κ2) is 7.39. The Morgan fingerprint density at radius 2 is 1.70 bits per heavy atom. The summed E-state index contributed by atoms with van der Waals surface area (Å²) in [4.78, 5) is 49.7. The molecule has 8 nitrogen and oxygen atoms in total. The number of hydroxylamine groups is 2. The van der Waals surface area contributed by atoms with Crippen LogP contribution in [0.25, 0.3) is 0 Å². The molecule has 2 rings (SSSR count). The van der Waals surface area contributed by atoms with E-state index in [4.69, 9.17) is 9.47 Å². The lowest BCUT2D eigenvalue weighted by molar-refractivity contribution is -0.177. The molecule has 0 unspecified atom stereocenters. The van der Waals surface area contributed by atoms with E-state index in [9.17, 15) is 19.2 Å². The number of carbonyl (C=O) groups is 4. The lowest BCUT2D eigenvalue weighted by atomic mass is 10.2. The largest absolute Gasteiger partial charge is 0.534 e. The zero-order chi connectivity index (χ0) is 16.8. The molecule has 1 aromatic rings. The third-order valence-electron chi connectivity index (χ3n) is 2.97. The highest BCUT2D eigenvalue weighted by Crippen LogP contribution is 2.15. The Bertz CT molecular complexity index is 607. The van der Waals surface area contributed by atoms with Crippen LogP contribution in [0.1, 0.15) is 31.7 Å². The molecular weight excluding hydrogens is 306 g/mol. The molecule has 1 heterocycles. The van der Waals surface area contributed by atoms with Crippen LogP contribution in [0, 0.1) is 0 Å². The lowest BCUT2D eigenvalue weighted by Gasteiger charge is -2.12. The summed E-state index contributed by atoms with van der Waals surface area (Å²) in [6, 6.07) is 6.34. The molecule has 0 saturated carbocycles. The van der Waals surface area contributed by atoms with E-state index in [1.165, 1.54) is 0 Å². The Labute approximate surface area is 131 Å². The fraction of sp³-hybridized carbons (Fsp3) is 0.333. The van der Waals surface area contributed by atoms with Crippen LogP contribution < -0.4 is 4.74 Å². The molecule has 0 N–H and O–H groups in total. The zero-order valence-corrected chi connectivity index (χ0v) is 12.4. The summed E-state index contributed by atoms with van der Waals surface area (Å²) < 4.78 is 9.82. The van der Waals surface area contributed by atoms with Crippen molar-refractivity contribution in [3.05, 3.63) is 29.8 Å². The summed E-state index contributed by atoms with van der Waals surface area (Å²) in [5.41, 5.74) is 0.623. The Balaban J connectivity index is 1.81. The standard InChI is InChI=1S/C15H15NO7/c1-2-14(19)22-11-5-3-10(4-6-11)9-21-15(20)23-16-12(17)7-8-13(16)18/h3-6H,2,7-9H2,1H3. The highest BCUT2D eigenvalue weighted by Gasteiger charge is 2.33. The molecule has 23 heavy (non-hydrogen) atoms.